The number of methoxy groups -OCH3 is 1. The SMILES string of the molecule is COc1cc(-c2n[nH]nc2C(N)=O)cc(I)c1OC(C)C. The fourth-order valence-corrected chi connectivity index (χ4v) is 2.54. The van der Waals surface area contributed by atoms with Gasteiger partial charge >= 0.3 is 0 Å². The monoisotopic (exact) mass is 402 g/mol. The molecule has 2 rings (SSSR count). The van der Waals surface area contributed by atoms with Crippen molar-refractivity contribution in [2.75, 3.05) is 7.11 Å². The fourth-order valence-electron chi connectivity index (χ4n) is 1.81. The van der Waals surface area contributed by atoms with Crippen molar-refractivity contribution in [3.63, 3.8) is 0 Å². The Morgan fingerprint density at radius 3 is 2.67 bits per heavy atom. The highest BCUT2D eigenvalue weighted by molar-refractivity contribution is 14.1. The van der Waals surface area contributed by atoms with Crippen molar-refractivity contribution in [1.82, 2.24) is 15.4 Å². The van der Waals surface area contributed by atoms with Crippen LogP contribution in [0.5, 0.6) is 11.5 Å². The second-order valence-electron chi connectivity index (χ2n) is 4.54. The third kappa shape index (κ3) is 3.26. The summed E-state index contributed by atoms with van der Waals surface area (Å²) in [5.74, 6) is 0.570. The van der Waals surface area contributed by atoms with Crippen molar-refractivity contribution in [2.24, 2.45) is 5.73 Å². The Bertz CT molecular complexity index is 669. The molecule has 0 saturated carbocycles. The number of primary amides is 1. The lowest BCUT2D eigenvalue weighted by atomic mass is 10.1. The molecule has 0 fully saturated rings. The van der Waals surface area contributed by atoms with Gasteiger partial charge in [0.2, 0.25) is 0 Å². The van der Waals surface area contributed by atoms with Crippen molar-refractivity contribution in [2.45, 2.75) is 20.0 Å². The summed E-state index contributed by atoms with van der Waals surface area (Å²) in [5, 5.41) is 10.1. The van der Waals surface area contributed by atoms with Crippen LogP contribution in [0.25, 0.3) is 11.3 Å². The van der Waals surface area contributed by atoms with E-state index in [9.17, 15) is 4.79 Å². The molecule has 1 aromatic heterocycles. The smallest absolute Gasteiger partial charge is 0.271 e. The van der Waals surface area contributed by atoms with Crippen molar-refractivity contribution in [3.05, 3.63) is 21.4 Å². The zero-order valence-electron chi connectivity index (χ0n) is 11.8. The van der Waals surface area contributed by atoms with Crippen LogP contribution in [0.15, 0.2) is 12.1 Å². The second-order valence-corrected chi connectivity index (χ2v) is 5.70. The van der Waals surface area contributed by atoms with Crippen LogP contribution in [0.3, 0.4) is 0 Å². The number of nitrogens with two attached hydrogens (primary N) is 1. The average Bonchev–Trinajstić information content (AvgIpc) is 2.89. The van der Waals surface area contributed by atoms with Gasteiger partial charge < -0.3 is 15.2 Å². The molecule has 8 heteroatoms. The number of aromatic amines is 1. The van der Waals surface area contributed by atoms with Crippen LogP contribution in [0.4, 0.5) is 0 Å². The number of carbonyl (C=O) groups excluding carboxylic acids is 1. The Kier molecular flexibility index (Phi) is 4.66. The molecule has 21 heavy (non-hydrogen) atoms. The van der Waals surface area contributed by atoms with Gasteiger partial charge in [-0.25, -0.2) is 0 Å². The van der Waals surface area contributed by atoms with Crippen molar-refractivity contribution < 1.29 is 14.3 Å². The van der Waals surface area contributed by atoms with Crippen molar-refractivity contribution in [1.29, 1.82) is 0 Å². The lowest BCUT2D eigenvalue weighted by Crippen LogP contribution is -2.13. The third-order valence-electron chi connectivity index (χ3n) is 2.64. The number of nitrogens with one attached hydrogen (secondary N) is 1. The molecule has 0 radical (unpaired) electrons. The number of hydrogen-bond donors (Lipinski definition) is 2. The number of benzene rings is 1. The number of H-pyrrole nitrogens is 1. The molecule has 1 aromatic carbocycles. The number of aromatic nitrogens is 3. The molecule has 0 aliphatic heterocycles. The van der Waals surface area contributed by atoms with E-state index < -0.39 is 5.91 Å². The van der Waals surface area contributed by atoms with Gasteiger partial charge in [0.15, 0.2) is 17.2 Å². The maximum atomic E-state index is 11.3. The Labute approximate surface area is 135 Å². The second kappa shape index (κ2) is 6.29. The van der Waals surface area contributed by atoms with Gasteiger partial charge in [-0.15, -0.1) is 0 Å². The first-order chi connectivity index (χ1) is 9.93. The number of amides is 1. The van der Waals surface area contributed by atoms with Crippen molar-refractivity contribution in [3.8, 4) is 22.8 Å². The number of halogens is 1. The lowest BCUT2D eigenvalue weighted by molar-refractivity contribution is 0.0996. The average molecular weight is 402 g/mol. The topological polar surface area (TPSA) is 103 Å². The van der Waals surface area contributed by atoms with E-state index in [0.29, 0.717) is 22.8 Å². The van der Waals surface area contributed by atoms with Gasteiger partial charge in [0.1, 0.15) is 5.69 Å². The Morgan fingerprint density at radius 2 is 2.10 bits per heavy atom. The van der Waals surface area contributed by atoms with E-state index in [-0.39, 0.29) is 11.8 Å². The summed E-state index contributed by atoms with van der Waals surface area (Å²) in [6.07, 6.45) is 0.0199. The molecule has 0 unspecified atom stereocenters. The first-order valence-electron chi connectivity index (χ1n) is 6.19. The summed E-state index contributed by atoms with van der Waals surface area (Å²) < 4.78 is 12.0. The first-order valence-corrected chi connectivity index (χ1v) is 7.27. The quantitative estimate of drug-likeness (QED) is 0.745. The Hall–Kier alpha value is -1.84. The number of ether oxygens (including phenoxy) is 2. The van der Waals surface area contributed by atoms with Gasteiger partial charge in [0.05, 0.1) is 16.8 Å². The molecule has 2 aromatic rings. The molecule has 0 aliphatic carbocycles. The summed E-state index contributed by atoms with van der Waals surface area (Å²) in [6, 6.07) is 3.58. The van der Waals surface area contributed by atoms with E-state index in [1.807, 2.05) is 19.9 Å². The molecule has 0 saturated heterocycles. The van der Waals surface area contributed by atoms with Gasteiger partial charge in [0.25, 0.3) is 5.91 Å². The Balaban J connectivity index is 2.54. The van der Waals surface area contributed by atoms with E-state index in [2.05, 4.69) is 38.0 Å². The van der Waals surface area contributed by atoms with E-state index >= 15 is 0 Å². The normalized spacial score (nSPS) is 10.7. The summed E-state index contributed by atoms with van der Waals surface area (Å²) in [7, 11) is 1.56. The molecule has 1 heterocycles. The predicted molar refractivity (Wildman–Crippen MR) is 85.4 cm³/mol. The minimum absolute atomic E-state index is 0.0199. The maximum absolute atomic E-state index is 11.3. The summed E-state index contributed by atoms with van der Waals surface area (Å²) in [4.78, 5) is 11.3. The molecule has 0 aliphatic rings. The minimum atomic E-state index is -0.643. The molecular weight excluding hydrogens is 387 g/mol. The standard InChI is InChI=1S/C13H15IN4O3/c1-6(2)21-12-8(14)4-7(5-9(12)20-3)10-11(13(15)19)17-18-16-10/h4-6H,1-3H3,(H2,15,19)(H,16,17,18). The molecule has 3 N–H and O–H groups in total. The number of rotatable bonds is 5. The predicted octanol–water partition coefficient (Wildman–Crippen LogP) is 1.97. The minimum Gasteiger partial charge on any atom is -0.493 e. The third-order valence-corrected chi connectivity index (χ3v) is 3.44. The first kappa shape index (κ1) is 15.5. The largest absolute Gasteiger partial charge is 0.493 e. The Morgan fingerprint density at radius 1 is 1.38 bits per heavy atom. The molecule has 1 amide bonds. The van der Waals surface area contributed by atoms with E-state index in [1.54, 1.807) is 13.2 Å². The lowest BCUT2D eigenvalue weighted by Gasteiger charge is -2.16. The van der Waals surface area contributed by atoms with Crippen LogP contribution in [-0.4, -0.2) is 34.5 Å². The zero-order valence-corrected chi connectivity index (χ0v) is 14.0. The van der Waals surface area contributed by atoms with Crippen LogP contribution < -0.4 is 15.2 Å². The maximum Gasteiger partial charge on any atom is 0.271 e. The van der Waals surface area contributed by atoms with Crippen LogP contribution >= 0.6 is 22.6 Å². The van der Waals surface area contributed by atoms with Crippen LogP contribution in [0.1, 0.15) is 24.3 Å². The molecule has 112 valence electrons. The van der Waals surface area contributed by atoms with Gasteiger partial charge in [-0.1, -0.05) is 0 Å². The molecule has 0 spiro atoms. The van der Waals surface area contributed by atoms with Gasteiger partial charge in [-0.2, -0.15) is 15.4 Å². The van der Waals surface area contributed by atoms with Gasteiger partial charge in [-0.3, -0.25) is 4.79 Å². The molecule has 7 nitrogen and oxygen atoms in total. The van der Waals surface area contributed by atoms with Gasteiger partial charge in [0, 0.05) is 5.56 Å². The highest BCUT2D eigenvalue weighted by atomic mass is 127. The molecular formula is C13H15IN4O3. The summed E-state index contributed by atoms with van der Waals surface area (Å²) in [5.41, 5.74) is 6.43. The summed E-state index contributed by atoms with van der Waals surface area (Å²) in [6.45, 7) is 3.87. The van der Waals surface area contributed by atoms with Crippen LogP contribution in [-0.2, 0) is 0 Å². The molecule has 0 atom stereocenters. The van der Waals surface area contributed by atoms with E-state index in [4.69, 9.17) is 15.2 Å². The van der Waals surface area contributed by atoms with Crippen LogP contribution in [0.2, 0.25) is 0 Å². The van der Waals surface area contributed by atoms with E-state index in [0.717, 1.165) is 3.57 Å². The fraction of sp³-hybridized carbons (Fsp3) is 0.308. The number of carbonyl (C=O) groups is 1. The summed E-state index contributed by atoms with van der Waals surface area (Å²) >= 11 is 2.14. The number of nitrogens with zero attached hydrogens (tertiary/aromatic N) is 2. The number of hydrogen-bond acceptors (Lipinski definition) is 5. The highest BCUT2D eigenvalue weighted by Crippen LogP contribution is 2.37. The van der Waals surface area contributed by atoms with Crippen LogP contribution in [0, 0.1) is 3.57 Å². The highest BCUT2D eigenvalue weighted by Gasteiger charge is 2.19. The molecule has 0 bridgehead atoms. The van der Waals surface area contributed by atoms with Crippen molar-refractivity contribution >= 4 is 28.5 Å². The van der Waals surface area contributed by atoms with Gasteiger partial charge in [-0.05, 0) is 48.6 Å². The zero-order chi connectivity index (χ0) is 15.6. The van der Waals surface area contributed by atoms with E-state index in [1.165, 1.54) is 0 Å².